The Morgan fingerprint density at radius 1 is 1.00 bits per heavy atom. The largest absolute Gasteiger partial charge is 0.274 e. The summed E-state index contributed by atoms with van der Waals surface area (Å²) in [5.41, 5.74) is 0.531. The van der Waals surface area contributed by atoms with Crippen LogP contribution in [0.15, 0.2) is 24.3 Å². The van der Waals surface area contributed by atoms with Gasteiger partial charge < -0.3 is 0 Å². The van der Waals surface area contributed by atoms with Gasteiger partial charge in [-0.3, -0.25) is 9.59 Å². The fraction of sp³-hybridized carbons (Fsp3) is 0.429. The SMILES string of the molecule is O=C1[C@H]2CCCC[C@@H]2C(=O)N1c1ccccc1Cl. The second-order valence-corrected chi connectivity index (χ2v) is 5.37. The van der Waals surface area contributed by atoms with E-state index in [1.165, 1.54) is 4.90 Å². The zero-order valence-corrected chi connectivity index (χ0v) is 10.7. The number of rotatable bonds is 1. The maximum absolute atomic E-state index is 12.3. The van der Waals surface area contributed by atoms with Gasteiger partial charge in [0.15, 0.2) is 0 Å². The van der Waals surface area contributed by atoms with E-state index in [0.717, 1.165) is 25.7 Å². The van der Waals surface area contributed by atoms with Crippen LogP contribution >= 0.6 is 11.6 Å². The van der Waals surface area contributed by atoms with Crippen LogP contribution in [0.25, 0.3) is 0 Å². The van der Waals surface area contributed by atoms with Gasteiger partial charge in [0.2, 0.25) is 11.8 Å². The van der Waals surface area contributed by atoms with Crippen molar-refractivity contribution in [1.82, 2.24) is 0 Å². The minimum atomic E-state index is -0.123. The van der Waals surface area contributed by atoms with Gasteiger partial charge in [-0.2, -0.15) is 0 Å². The second-order valence-electron chi connectivity index (χ2n) is 4.96. The first-order chi connectivity index (χ1) is 8.70. The van der Waals surface area contributed by atoms with E-state index >= 15 is 0 Å². The topological polar surface area (TPSA) is 37.4 Å². The Morgan fingerprint density at radius 3 is 2.11 bits per heavy atom. The molecule has 2 fully saturated rings. The number of carbonyl (C=O) groups is 2. The van der Waals surface area contributed by atoms with Gasteiger partial charge in [0.1, 0.15) is 0 Å². The number of imide groups is 1. The average molecular weight is 264 g/mol. The molecule has 1 heterocycles. The van der Waals surface area contributed by atoms with E-state index < -0.39 is 0 Å². The Hall–Kier alpha value is -1.35. The molecule has 18 heavy (non-hydrogen) atoms. The number of hydrogen-bond donors (Lipinski definition) is 0. The van der Waals surface area contributed by atoms with Crippen LogP contribution in [0, 0.1) is 11.8 Å². The van der Waals surface area contributed by atoms with Gasteiger partial charge in [0.05, 0.1) is 22.5 Å². The van der Waals surface area contributed by atoms with E-state index in [1.807, 2.05) is 0 Å². The highest BCUT2D eigenvalue weighted by Gasteiger charge is 2.49. The van der Waals surface area contributed by atoms with Gasteiger partial charge in [0.25, 0.3) is 0 Å². The Bertz CT molecular complexity index is 490. The van der Waals surface area contributed by atoms with Crippen molar-refractivity contribution in [2.75, 3.05) is 4.90 Å². The van der Waals surface area contributed by atoms with E-state index in [2.05, 4.69) is 0 Å². The molecule has 2 atom stereocenters. The van der Waals surface area contributed by atoms with Gasteiger partial charge >= 0.3 is 0 Å². The molecular formula is C14H14ClNO2. The van der Waals surface area contributed by atoms with Crippen LogP contribution in [-0.2, 0) is 9.59 Å². The minimum absolute atomic E-state index is 0.0715. The van der Waals surface area contributed by atoms with Crippen LogP contribution in [0.5, 0.6) is 0 Å². The molecule has 0 aromatic heterocycles. The van der Waals surface area contributed by atoms with Crippen molar-refractivity contribution in [2.24, 2.45) is 11.8 Å². The molecule has 0 spiro atoms. The number of para-hydroxylation sites is 1. The third kappa shape index (κ3) is 1.65. The van der Waals surface area contributed by atoms with Crippen molar-refractivity contribution >= 4 is 29.1 Å². The van der Waals surface area contributed by atoms with Crippen LogP contribution in [0.4, 0.5) is 5.69 Å². The number of carbonyl (C=O) groups excluding carboxylic acids is 2. The van der Waals surface area contributed by atoms with Crippen molar-refractivity contribution < 1.29 is 9.59 Å². The van der Waals surface area contributed by atoms with Crippen molar-refractivity contribution in [1.29, 1.82) is 0 Å². The first-order valence-corrected chi connectivity index (χ1v) is 6.70. The molecule has 1 aromatic carbocycles. The van der Waals surface area contributed by atoms with Crippen LogP contribution in [0.1, 0.15) is 25.7 Å². The van der Waals surface area contributed by atoms with Crippen molar-refractivity contribution in [3.05, 3.63) is 29.3 Å². The van der Waals surface area contributed by atoms with E-state index in [0.29, 0.717) is 10.7 Å². The van der Waals surface area contributed by atoms with Gasteiger partial charge in [-0.05, 0) is 25.0 Å². The monoisotopic (exact) mass is 263 g/mol. The normalized spacial score (nSPS) is 27.5. The van der Waals surface area contributed by atoms with Crippen LogP contribution in [0.3, 0.4) is 0 Å². The highest BCUT2D eigenvalue weighted by molar-refractivity contribution is 6.36. The number of benzene rings is 1. The highest BCUT2D eigenvalue weighted by Crippen LogP contribution is 2.41. The van der Waals surface area contributed by atoms with Gasteiger partial charge in [-0.1, -0.05) is 36.6 Å². The van der Waals surface area contributed by atoms with E-state index in [9.17, 15) is 9.59 Å². The summed E-state index contributed by atoms with van der Waals surface area (Å²) in [6.07, 6.45) is 3.74. The lowest BCUT2D eigenvalue weighted by Gasteiger charge is -2.19. The first kappa shape index (κ1) is 11.7. The molecule has 0 N–H and O–H groups in total. The lowest BCUT2D eigenvalue weighted by atomic mass is 9.81. The van der Waals surface area contributed by atoms with Gasteiger partial charge in [0, 0.05) is 0 Å². The number of halogens is 1. The Kier molecular flexibility index (Phi) is 2.86. The van der Waals surface area contributed by atoms with E-state index in [-0.39, 0.29) is 23.7 Å². The lowest BCUT2D eigenvalue weighted by molar-refractivity contribution is -0.122. The number of anilines is 1. The van der Waals surface area contributed by atoms with E-state index in [1.54, 1.807) is 24.3 Å². The molecule has 1 aromatic rings. The molecular weight excluding hydrogens is 250 g/mol. The predicted octanol–water partition coefficient (Wildman–Crippen LogP) is 3.02. The molecule has 0 bridgehead atoms. The molecule has 2 aliphatic rings. The quantitative estimate of drug-likeness (QED) is 0.731. The Labute approximate surface area is 111 Å². The summed E-state index contributed by atoms with van der Waals surface area (Å²) in [5, 5.41) is 0.456. The minimum Gasteiger partial charge on any atom is -0.274 e. The predicted molar refractivity (Wildman–Crippen MR) is 69.4 cm³/mol. The van der Waals surface area contributed by atoms with Gasteiger partial charge in [-0.15, -0.1) is 0 Å². The fourth-order valence-corrected chi connectivity index (χ4v) is 3.25. The summed E-state index contributed by atoms with van der Waals surface area (Å²) in [4.78, 5) is 26.0. The Morgan fingerprint density at radius 2 is 1.56 bits per heavy atom. The zero-order valence-electron chi connectivity index (χ0n) is 9.93. The fourth-order valence-electron chi connectivity index (χ4n) is 3.03. The zero-order chi connectivity index (χ0) is 12.7. The van der Waals surface area contributed by atoms with Crippen molar-refractivity contribution in [3.8, 4) is 0 Å². The maximum atomic E-state index is 12.3. The van der Waals surface area contributed by atoms with Crippen molar-refractivity contribution in [3.63, 3.8) is 0 Å². The van der Waals surface area contributed by atoms with Crippen LogP contribution in [-0.4, -0.2) is 11.8 Å². The molecule has 1 aliphatic carbocycles. The molecule has 0 unspecified atom stereocenters. The molecule has 1 saturated heterocycles. The average Bonchev–Trinajstić information content (AvgIpc) is 2.64. The summed E-state index contributed by atoms with van der Waals surface area (Å²) in [6.45, 7) is 0. The first-order valence-electron chi connectivity index (χ1n) is 6.32. The van der Waals surface area contributed by atoms with Crippen LogP contribution in [0.2, 0.25) is 5.02 Å². The molecule has 0 radical (unpaired) electrons. The summed E-state index contributed by atoms with van der Waals surface area (Å²) < 4.78 is 0. The third-order valence-electron chi connectivity index (χ3n) is 3.93. The molecule has 3 nitrogen and oxygen atoms in total. The highest BCUT2D eigenvalue weighted by atomic mass is 35.5. The molecule has 3 rings (SSSR count). The summed E-state index contributed by atoms with van der Waals surface area (Å²) in [6, 6.07) is 7.03. The summed E-state index contributed by atoms with van der Waals surface area (Å²) in [5.74, 6) is -0.388. The summed E-state index contributed by atoms with van der Waals surface area (Å²) >= 11 is 6.09. The number of nitrogens with zero attached hydrogens (tertiary/aromatic N) is 1. The van der Waals surface area contributed by atoms with E-state index in [4.69, 9.17) is 11.6 Å². The number of hydrogen-bond acceptors (Lipinski definition) is 2. The van der Waals surface area contributed by atoms with Gasteiger partial charge in [-0.25, -0.2) is 4.90 Å². The summed E-state index contributed by atoms with van der Waals surface area (Å²) in [7, 11) is 0. The Balaban J connectivity index is 2.00. The molecule has 1 saturated carbocycles. The molecule has 1 aliphatic heterocycles. The maximum Gasteiger partial charge on any atom is 0.237 e. The lowest BCUT2D eigenvalue weighted by Crippen LogP contribution is -2.31. The number of amides is 2. The standard InChI is InChI=1S/C14H14ClNO2/c15-11-7-3-4-8-12(11)16-13(17)9-5-1-2-6-10(9)14(16)18/h3-4,7-10H,1-2,5-6H2/t9-,10-/m0/s1. The van der Waals surface area contributed by atoms with Crippen LogP contribution < -0.4 is 4.90 Å². The third-order valence-corrected chi connectivity index (χ3v) is 4.25. The smallest absolute Gasteiger partial charge is 0.237 e. The van der Waals surface area contributed by atoms with Crippen molar-refractivity contribution in [2.45, 2.75) is 25.7 Å². The molecule has 94 valence electrons. The molecule has 4 heteroatoms. The molecule has 2 amide bonds. The number of fused-ring (bicyclic) bond motifs is 1. The second kappa shape index (κ2) is 4.39.